The lowest BCUT2D eigenvalue weighted by Crippen LogP contribution is -2.49. The zero-order chi connectivity index (χ0) is 24.2. The van der Waals surface area contributed by atoms with Gasteiger partial charge in [0.2, 0.25) is 0 Å². The molecule has 0 heterocycles. The molecule has 2 aromatic rings. The third-order valence-corrected chi connectivity index (χ3v) is 6.64. The fourth-order valence-electron chi connectivity index (χ4n) is 5.34. The second-order valence-corrected chi connectivity index (χ2v) is 9.93. The number of carbonyl (C=O) groups is 2. The van der Waals surface area contributed by atoms with Gasteiger partial charge in [-0.25, -0.2) is 0 Å². The molecule has 4 nitrogen and oxygen atoms in total. The Labute approximate surface area is 198 Å². The lowest BCUT2D eigenvalue weighted by atomic mass is 9.59. The highest BCUT2D eigenvalue weighted by Gasteiger charge is 2.57. The molecule has 33 heavy (non-hydrogen) atoms. The Bertz CT molecular complexity index is 896. The highest BCUT2D eigenvalue weighted by molar-refractivity contribution is 5.90. The van der Waals surface area contributed by atoms with Crippen molar-refractivity contribution in [1.82, 2.24) is 0 Å². The van der Waals surface area contributed by atoms with E-state index in [0.717, 1.165) is 22.3 Å². The van der Waals surface area contributed by atoms with Gasteiger partial charge in [0.05, 0.1) is 25.0 Å². The van der Waals surface area contributed by atoms with E-state index in [0.29, 0.717) is 26.1 Å². The van der Waals surface area contributed by atoms with E-state index in [1.807, 2.05) is 65.8 Å². The van der Waals surface area contributed by atoms with Crippen LogP contribution in [0.5, 0.6) is 0 Å². The summed E-state index contributed by atoms with van der Waals surface area (Å²) in [4.78, 5) is 27.3. The van der Waals surface area contributed by atoms with Crippen LogP contribution in [0, 0.1) is 23.7 Å². The molecule has 178 valence electrons. The van der Waals surface area contributed by atoms with E-state index in [1.54, 1.807) is 0 Å². The summed E-state index contributed by atoms with van der Waals surface area (Å²) in [5, 5.41) is 0. The maximum absolute atomic E-state index is 13.6. The van der Waals surface area contributed by atoms with Crippen molar-refractivity contribution in [1.29, 1.82) is 0 Å². The first-order chi connectivity index (χ1) is 15.8. The minimum atomic E-state index is -0.835. The lowest BCUT2D eigenvalue weighted by molar-refractivity contribution is -0.158. The Balaban J connectivity index is 2.25. The zero-order valence-electron chi connectivity index (χ0n) is 20.9. The molecule has 0 aromatic heterocycles. The Hall–Kier alpha value is -2.62. The van der Waals surface area contributed by atoms with Gasteiger partial charge in [-0.15, -0.1) is 0 Å². The molecule has 2 unspecified atom stereocenters. The molecule has 1 aliphatic carbocycles. The Morgan fingerprint density at radius 2 is 1.06 bits per heavy atom. The van der Waals surface area contributed by atoms with Crippen molar-refractivity contribution in [3.05, 3.63) is 59.7 Å². The maximum atomic E-state index is 13.6. The molecule has 4 heteroatoms. The number of hydrogen-bond donors (Lipinski definition) is 0. The molecule has 1 aliphatic rings. The number of hydrogen-bond acceptors (Lipinski definition) is 4. The average Bonchev–Trinajstić information content (AvgIpc) is 3.09. The molecular formula is C29H38O4. The van der Waals surface area contributed by atoms with Crippen LogP contribution in [0.3, 0.4) is 0 Å². The van der Waals surface area contributed by atoms with E-state index in [-0.39, 0.29) is 23.8 Å². The maximum Gasteiger partial charge on any atom is 0.310 e. The Morgan fingerprint density at radius 1 is 0.697 bits per heavy atom. The van der Waals surface area contributed by atoms with Gasteiger partial charge in [-0.2, -0.15) is 0 Å². The average molecular weight is 451 g/mol. The topological polar surface area (TPSA) is 52.6 Å². The molecule has 0 amide bonds. The molecule has 0 saturated heterocycles. The van der Waals surface area contributed by atoms with Crippen LogP contribution in [-0.2, 0) is 24.5 Å². The number of fused-ring (bicyclic) bond motifs is 3. The largest absolute Gasteiger partial charge is 0.465 e. The SMILES string of the molecule is CCC(C(=O)OCC(C)C)C1(C(CC)C(=O)OCC(C)C)c2ccccc2-c2ccccc21. The summed E-state index contributed by atoms with van der Waals surface area (Å²) in [6, 6.07) is 16.4. The summed E-state index contributed by atoms with van der Waals surface area (Å²) in [5.74, 6) is -1.01. The molecule has 2 aromatic carbocycles. The van der Waals surface area contributed by atoms with Crippen molar-refractivity contribution in [2.75, 3.05) is 13.2 Å². The van der Waals surface area contributed by atoms with E-state index in [4.69, 9.17) is 9.47 Å². The monoisotopic (exact) mass is 450 g/mol. The van der Waals surface area contributed by atoms with Crippen LogP contribution in [0.1, 0.15) is 65.5 Å². The quantitative estimate of drug-likeness (QED) is 0.393. The first-order valence-electron chi connectivity index (χ1n) is 12.3. The van der Waals surface area contributed by atoms with Gasteiger partial charge in [0, 0.05) is 5.41 Å². The predicted molar refractivity (Wildman–Crippen MR) is 132 cm³/mol. The number of rotatable bonds is 10. The zero-order valence-corrected chi connectivity index (χ0v) is 20.9. The van der Waals surface area contributed by atoms with Gasteiger partial charge in [0.15, 0.2) is 0 Å². The number of benzene rings is 2. The van der Waals surface area contributed by atoms with E-state index in [1.165, 1.54) is 0 Å². The number of esters is 2. The van der Waals surface area contributed by atoms with Crippen LogP contribution in [0.2, 0.25) is 0 Å². The molecule has 0 saturated carbocycles. The van der Waals surface area contributed by atoms with Gasteiger partial charge in [0.1, 0.15) is 0 Å². The van der Waals surface area contributed by atoms with Gasteiger partial charge in [-0.05, 0) is 46.9 Å². The van der Waals surface area contributed by atoms with Gasteiger partial charge < -0.3 is 9.47 Å². The minimum Gasteiger partial charge on any atom is -0.465 e. The first-order valence-corrected chi connectivity index (χ1v) is 12.3. The third-order valence-electron chi connectivity index (χ3n) is 6.64. The second-order valence-electron chi connectivity index (χ2n) is 9.93. The molecule has 0 fully saturated rings. The van der Waals surface area contributed by atoms with Crippen molar-refractivity contribution in [2.24, 2.45) is 23.7 Å². The molecular weight excluding hydrogens is 412 g/mol. The van der Waals surface area contributed by atoms with Crippen LogP contribution in [-0.4, -0.2) is 25.2 Å². The molecule has 0 N–H and O–H groups in total. The van der Waals surface area contributed by atoms with E-state index >= 15 is 0 Å². The van der Waals surface area contributed by atoms with Gasteiger partial charge in [-0.3, -0.25) is 9.59 Å². The van der Waals surface area contributed by atoms with E-state index in [2.05, 4.69) is 24.3 Å². The highest BCUT2D eigenvalue weighted by Crippen LogP contribution is 2.58. The number of ether oxygens (including phenoxy) is 2. The minimum absolute atomic E-state index is 0.239. The van der Waals surface area contributed by atoms with E-state index < -0.39 is 17.3 Å². The lowest BCUT2D eigenvalue weighted by Gasteiger charge is -2.43. The van der Waals surface area contributed by atoms with Crippen LogP contribution in [0.4, 0.5) is 0 Å². The van der Waals surface area contributed by atoms with E-state index in [9.17, 15) is 9.59 Å². The van der Waals surface area contributed by atoms with Gasteiger partial charge in [0.25, 0.3) is 0 Å². The summed E-state index contributed by atoms with van der Waals surface area (Å²) >= 11 is 0. The Kier molecular flexibility index (Phi) is 7.99. The van der Waals surface area contributed by atoms with Crippen molar-refractivity contribution >= 4 is 11.9 Å². The molecule has 0 radical (unpaired) electrons. The predicted octanol–water partition coefficient (Wildman–Crippen LogP) is 6.40. The van der Waals surface area contributed by atoms with Crippen LogP contribution in [0.25, 0.3) is 11.1 Å². The normalized spacial score (nSPS) is 15.6. The summed E-state index contributed by atoms with van der Waals surface area (Å²) in [6.45, 7) is 12.9. The summed E-state index contributed by atoms with van der Waals surface area (Å²) in [6.07, 6.45) is 1.13. The van der Waals surface area contributed by atoms with Crippen molar-refractivity contribution < 1.29 is 19.1 Å². The molecule has 0 bridgehead atoms. The van der Waals surface area contributed by atoms with Crippen LogP contribution < -0.4 is 0 Å². The fraction of sp³-hybridized carbons (Fsp3) is 0.517. The third kappa shape index (κ3) is 4.58. The molecule has 0 spiro atoms. The van der Waals surface area contributed by atoms with Crippen LogP contribution >= 0.6 is 0 Å². The first kappa shape index (κ1) is 25.0. The molecule has 3 rings (SSSR count). The fourth-order valence-corrected chi connectivity index (χ4v) is 5.34. The van der Waals surface area contributed by atoms with Gasteiger partial charge in [-0.1, -0.05) is 90.1 Å². The van der Waals surface area contributed by atoms with Crippen LogP contribution in [0.15, 0.2) is 48.5 Å². The Morgan fingerprint density at radius 3 is 1.39 bits per heavy atom. The summed E-state index contributed by atoms with van der Waals surface area (Å²) in [5.41, 5.74) is 3.37. The molecule has 2 atom stereocenters. The summed E-state index contributed by atoms with van der Waals surface area (Å²) in [7, 11) is 0. The summed E-state index contributed by atoms with van der Waals surface area (Å²) < 4.78 is 11.6. The number of carbonyl (C=O) groups excluding carboxylic acids is 2. The van der Waals surface area contributed by atoms with Crippen molar-refractivity contribution in [3.63, 3.8) is 0 Å². The second kappa shape index (κ2) is 10.5. The highest BCUT2D eigenvalue weighted by atomic mass is 16.5. The standard InChI is InChI=1S/C29H38O4/c1-7-23(27(30)32-17-19(3)4)29(24(8-2)28(31)33-18-20(5)6)25-15-11-9-13-21(25)22-14-10-12-16-26(22)29/h9-16,19-20,23-24H,7-8,17-18H2,1-6H3. The molecule has 0 aliphatic heterocycles. The smallest absolute Gasteiger partial charge is 0.310 e. The van der Waals surface area contributed by atoms with Crippen molar-refractivity contribution in [3.8, 4) is 11.1 Å². The van der Waals surface area contributed by atoms with Crippen molar-refractivity contribution in [2.45, 2.75) is 59.8 Å². The van der Waals surface area contributed by atoms with Gasteiger partial charge >= 0.3 is 11.9 Å².